The normalized spacial score (nSPS) is 31.3. The number of hydrogen-bond donors (Lipinski definition) is 2. The zero-order valence-corrected chi connectivity index (χ0v) is 7.99. The average molecular weight is 217 g/mol. The Morgan fingerprint density at radius 3 is 2.86 bits per heavy atom. The van der Waals surface area contributed by atoms with Crippen LogP contribution in [0.25, 0.3) is 0 Å². The van der Waals surface area contributed by atoms with Gasteiger partial charge in [0.2, 0.25) is 5.91 Å². The third-order valence-electron chi connectivity index (χ3n) is 2.63. The number of carbonyl (C=O) groups is 2. The van der Waals surface area contributed by atoms with Crippen LogP contribution >= 0.6 is 11.6 Å². The second-order valence-corrected chi connectivity index (χ2v) is 3.85. The van der Waals surface area contributed by atoms with Crippen molar-refractivity contribution >= 4 is 23.5 Å². The molecule has 1 amide bonds. The number of hydrogen-bond acceptors (Lipinski definition) is 3. The van der Waals surface area contributed by atoms with E-state index in [-0.39, 0.29) is 22.7 Å². The summed E-state index contributed by atoms with van der Waals surface area (Å²) in [5.74, 6) is -1.52. The molecule has 0 aromatic carbocycles. The molecule has 2 aliphatic rings. The molecule has 76 valence electrons. The number of aliphatic carboxylic acids is 1. The lowest BCUT2D eigenvalue weighted by atomic mass is 9.87. The van der Waals surface area contributed by atoms with E-state index in [9.17, 15) is 9.59 Å². The van der Waals surface area contributed by atoms with E-state index in [2.05, 4.69) is 0 Å². The van der Waals surface area contributed by atoms with Crippen molar-refractivity contribution in [2.45, 2.75) is 24.9 Å². The van der Waals surface area contributed by atoms with Gasteiger partial charge in [-0.1, -0.05) is 11.6 Å². The van der Waals surface area contributed by atoms with Crippen LogP contribution in [-0.4, -0.2) is 34.0 Å². The number of carboxylic acid groups (broad SMARTS) is 1. The van der Waals surface area contributed by atoms with Crippen molar-refractivity contribution in [2.75, 3.05) is 0 Å². The van der Waals surface area contributed by atoms with Gasteiger partial charge >= 0.3 is 5.97 Å². The number of amides is 1. The average Bonchev–Trinajstić information content (AvgIpc) is 2.15. The first kappa shape index (κ1) is 9.48. The Morgan fingerprint density at radius 2 is 2.29 bits per heavy atom. The van der Waals surface area contributed by atoms with Gasteiger partial charge in [0.1, 0.15) is 11.7 Å². The van der Waals surface area contributed by atoms with Gasteiger partial charge in [-0.3, -0.25) is 9.69 Å². The highest BCUT2D eigenvalue weighted by molar-refractivity contribution is 6.32. The van der Waals surface area contributed by atoms with Crippen molar-refractivity contribution in [3.63, 3.8) is 0 Å². The standard InChI is InChI=1S/C8H9ClN2O3/c9-3-1-2-4-5(10)7(12)11(4)6(3)8(13)14/h4-5H,1-2,10H2,(H,13,14)/t4-,5+/m0/s1. The lowest BCUT2D eigenvalue weighted by molar-refractivity contribution is -0.152. The molecule has 0 unspecified atom stereocenters. The molecule has 0 aliphatic carbocycles. The first-order valence-corrected chi connectivity index (χ1v) is 4.62. The molecule has 2 heterocycles. The zero-order valence-electron chi connectivity index (χ0n) is 7.24. The van der Waals surface area contributed by atoms with E-state index in [1.165, 1.54) is 4.90 Å². The molecule has 2 atom stereocenters. The van der Waals surface area contributed by atoms with Crippen LogP contribution in [0.4, 0.5) is 0 Å². The molecule has 0 radical (unpaired) electrons. The van der Waals surface area contributed by atoms with Gasteiger partial charge in [0.05, 0.1) is 6.04 Å². The highest BCUT2D eigenvalue weighted by Crippen LogP contribution is 2.36. The van der Waals surface area contributed by atoms with Crippen LogP contribution in [0.5, 0.6) is 0 Å². The molecule has 0 saturated carbocycles. The van der Waals surface area contributed by atoms with Crippen molar-refractivity contribution in [2.24, 2.45) is 5.73 Å². The Kier molecular flexibility index (Phi) is 2.01. The number of fused-ring (bicyclic) bond motifs is 1. The molecular weight excluding hydrogens is 208 g/mol. The molecule has 2 aliphatic heterocycles. The number of carboxylic acids is 1. The van der Waals surface area contributed by atoms with E-state index in [1.807, 2.05) is 0 Å². The van der Waals surface area contributed by atoms with Crippen molar-refractivity contribution < 1.29 is 14.7 Å². The van der Waals surface area contributed by atoms with E-state index in [0.29, 0.717) is 12.8 Å². The lowest BCUT2D eigenvalue weighted by Gasteiger charge is -2.47. The Balaban J connectivity index is 2.37. The topological polar surface area (TPSA) is 83.6 Å². The number of allylic oxidation sites excluding steroid dienone is 1. The highest BCUT2D eigenvalue weighted by Gasteiger charge is 2.50. The molecule has 0 spiro atoms. The molecule has 14 heavy (non-hydrogen) atoms. The summed E-state index contributed by atoms with van der Waals surface area (Å²) in [6.45, 7) is 0. The summed E-state index contributed by atoms with van der Waals surface area (Å²) in [7, 11) is 0. The first-order chi connectivity index (χ1) is 6.54. The Labute approximate surface area is 85.1 Å². The van der Waals surface area contributed by atoms with Crippen molar-refractivity contribution in [1.29, 1.82) is 0 Å². The smallest absolute Gasteiger partial charge is 0.353 e. The summed E-state index contributed by atoms with van der Waals surface area (Å²) in [4.78, 5) is 23.3. The zero-order chi connectivity index (χ0) is 10.5. The van der Waals surface area contributed by atoms with Gasteiger partial charge in [-0.15, -0.1) is 0 Å². The third kappa shape index (κ3) is 1.06. The van der Waals surface area contributed by atoms with Gasteiger partial charge in [-0.25, -0.2) is 4.79 Å². The van der Waals surface area contributed by atoms with E-state index >= 15 is 0 Å². The first-order valence-electron chi connectivity index (χ1n) is 4.24. The van der Waals surface area contributed by atoms with E-state index in [4.69, 9.17) is 22.4 Å². The maximum absolute atomic E-state index is 11.3. The molecular formula is C8H9ClN2O3. The predicted octanol–water partition coefficient (Wildman–Crippen LogP) is -0.147. The summed E-state index contributed by atoms with van der Waals surface area (Å²) in [6, 6.07) is -0.745. The summed E-state index contributed by atoms with van der Waals surface area (Å²) >= 11 is 5.75. The minimum Gasteiger partial charge on any atom is -0.477 e. The molecule has 3 N–H and O–H groups in total. The SMILES string of the molecule is N[C@H]1C(=O)N2C(C(=O)O)=C(Cl)CC[C@@H]12. The van der Waals surface area contributed by atoms with Gasteiger partial charge in [-0.2, -0.15) is 0 Å². The monoisotopic (exact) mass is 216 g/mol. The second-order valence-electron chi connectivity index (χ2n) is 3.40. The van der Waals surface area contributed by atoms with Crippen molar-refractivity contribution in [3.05, 3.63) is 10.7 Å². The quantitative estimate of drug-likeness (QED) is 0.598. The molecule has 0 bridgehead atoms. The summed E-state index contributed by atoms with van der Waals surface area (Å²) in [5, 5.41) is 9.09. The summed E-state index contributed by atoms with van der Waals surface area (Å²) in [5.41, 5.74) is 5.43. The fourth-order valence-electron chi connectivity index (χ4n) is 1.89. The molecule has 0 aromatic rings. The molecule has 0 aromatic heterocycles. The van der Waals surface area contributed by atoms with Gasteiger partial charge in [0, 0.05) is 5.03 Å². The number of nitrogens with two attached hydrogens (primary N) is 1. The van der Waals surface area contributed by atoms with Crippen LogP contribution in [0.2, 0.25) is 0 Å². The highest BCUT2D eigenvalue weighted by atomic mass is 35.5. The van der Waals surface area contributed by atoms with Crippen LogP contribution in [0.3, 0.4) is 0 Å². The second kappa shape index (κ2) is 2.96. The van der Waals surface area contributed by atoms with Crippen molar-refractivity contribution in [3.8, 4) is 0 Å². The third-order valence-corrected chi connectivity index (χ3v) is 3.00. The van der Waals surface area contributed by atoms with Crippen molar-refractivity contribution in [1.82, 2.24) is 4.90 Å². The number of β-lactam (4-membered cyclic amide) rings is 1. The maximum atomic E-state index is 11.3. The largest absolute Gasteiger partial charge is 0.477 e. The van der Waals surface area contributed by atoms with Crippen LogP contribution in [0, 0.1) is 0 Å². The van der Waals surface area contributed by atoms with Gasteiger partial charge in [0.15, 0.2) is 0 Å². The fourth-order valence-corrected chi connectivity index (χ4v) is 2.18. The van der Waals surface area contributed by atoms with Crippen LogP contribution in [0.15, 0.2) is 10.7 Å². The minimum absolute atomic E-state index is 0.102. The molecule has 1 saturated heterocycles. The van der Waals surface area contributed by atoms with Gasteiger partial charge in [0.25, 0.3) is 0 Å². The maximum Gasteiger partial charge on any atom is 0.353 e. The van der Waals surface area contributed by atoms with Crippen LogP contribution in [-0.2, 0) is 9.59 Å². The Hall–Kier alpha value is -1.07. The molecule has 6 heteroatoms. The number of carbonyl (C=O) groups excluding carboxylic acids is 1. The van der Waals surface area contributed by atoms with Gasteiger partial charge in [-0.05, 0) is 12.8 Å². The predicted molar refractivity (Wildman–Crippen MR) is 48.4 cm³/mol. The van der Waals surface area contributed by atoms with Crippen LogP contribution in [0.1, 0.15) is 12.8 Å². The van der Waals surface area contributed by atoms with Gasteiger partial charge < -0.3 is 10.8 Å². The lowest BCUT2D eigenvalue weighted by Crippen LogP contribution is -2.69. The van der Waals surface area contributed by atoms with E-state index in [0.717, 1.165) is 0 Å². The number of rotatable bonds is 1. The molecule has 1 fully saturated rings. The fraction of sp³-hybridized carbons (Fsp3) is 0.500. The summed E-state index contributed by atoms with van der Waals surface area (Å²) in [6.07, 6.45) is 1.12. The van der Waals surface area contributed by atoms with Crippen LogP contribution < -0.4 is 5.73 Å². The van der Waals surface area contributed by atoms with E-state index < -0.39 is 12.0 Å². The Morgan fingerprint density at radius 1 is 1.64 bits per heavy atom. The number of nitrogens with zero attached hydrogens (tertiary/aromatic N) is 1. The summed E-state index contributed by atoms with van der Waals surface area (Å²) < 4.78 is 0. The minimum atomic E-state index is -1.17. The van der Waals surface area contributed by atoms with E-state index in [1.54, 1.807) is 0 Å². The number of halogens is 1. The Bertz CT molecular complexity index is 352. The molecule has 2 rings (SSSR count). The molecule has 5 nitrogen and oxygen atoms in total.